The number of fused-ring (bicyclic) bond motifs is 1. The highest BCUT2D eigenvalue weighted by Crippen LogP contribution is 2.40. The first-order chi connectivity index (χ1) is 17.1. The van der Waals surface area contributed by atoms with E-state index in [9.17, 15) is 21.6 Å². The highest BCUT2D eigenvalue weighted by Gasteiger charge is 2.32. The van der Waals surface area contributed by atoms with E-state index < -0.39 is 27.5 Å². The number of anilines is 1. The van der Waals surface area contributed by atoms with E-state index in [4.69, 9.17) is 14.2 Å². The number of para-hydroxylation sites is 2. The molecule has 1 heterocycles. The Morgan fingerprint density at radius 3 is 2.33 bits per heavy atom. The molecule has 4 rings (SSSR count). The molecule has 11 heteroatoms. The Morgan fingerprint density at radius 2 is 1.64 bits per heavy atom. The normalized spacial score (nSPS) is 11.8. The van der Waals surface area contributed by atoms with Crippen LogP contribution >= 0.6 is 0 Å². The van der Waals surface area contributed by atoms with E-state index in [1.807, 2.05) is 0 Å². The molecule has 0 fully saturated rings. The van der Waals surface area contributed by atoms with Crippen LogP contribution in [0.4, 0.5) is 18.9 Å². The van der Waals surface area contributed by atoms with E-state index in [1.165, 1.54) is 31.5 Å². The summed E-state index contributed by atoms with van der Waals surface area (Å²) < 4.78 is 86.0. The molecular weight excluding hydrogens is 497 g/mol. The molecule has 4 aromatic rings. The fraction of sp³-hybridized carbons (Fsp3) is 0.160. The highest BCUT2D eigenvalue weighted by molar-refractivity contribution is 7.93. The van der Waals surface area contributed by atoms with Gasteiger partial charge in [-0.1, -0.05) is 12.1 Å². The van der Waals surface area contributed by atoms with Gasteiger partial charge in [-0.2, -0.15) is 13.2 Å². The predicted octanol–water partition coefficient (Wildman–Crippen LogP) is 6.25. The van der Waals surface area contributed by atoms with Crippen molar-refractivity contribution in [1.29, 1.82) is 0 Å². The number of nitrogens with zero attached hydrogens (tertiary/aromatic N) is 1. The molecule has 0 saturated heterocycles. The molecule has 0 aliphatic heterocycles. The Labute approximate surface area is 205 Å². The van der Waals surface area contributed by atoms with Crippen molar-refractivity contribution in [2.24, 2.45) is 0 Å². The van der Waals surface area contributed by atoms with E-state index in [-0.39, 0.29) is 21.8 Å². The van der Waals surface area contributed by atoms with Crippen LogP contribution in [0.5, 0.6) is 23.0 Å². The summed E-state index contributed by atoms with van der Waals surface area (Å²) in [5.74, 6) is 0.737. The van der Waals surface area contributed by atoms with Crippen LogP contribution in [0.3, 0.4) is 0 Å². The quantitative estimate of drug-likeness (QED) is 0.297. The molecule has 1 N–H and O–H groups in total. The van der Waals surface area contributed by atoms with Gasteiger partial charge in [0, 0.05) is 11.6 Å². The molecule has 188 valence electrons. The van der Waals surface area contributed by atoms with Gasteiger partial charge in [0.15, 0.2) is 17.2 Å². The third-order valence-corrected chi connectivity index (χ3v) is 6.55. The molecule has 0 spiro atoms. The van der Waals surface area contributed by atoms with Crippen molar-refractivity contribution in [1.82, 2.24) is 4.98 Å². The van der Waals surface area contributed by atoms with E-state index >= 15 is 0 Å². The largest absolute Gasteiger partial charge is 0.493 e. The van der Waals surface area contributed by atoms with Gasteiger partial charge < -0.3 is 14.2 Å². The van der Waals surface area contributed by atoms with Crippen LogP contribution in [-0.4, -0.2) is 27.1 Å². The Bertz CT molecular complexity index is 1510. The molecule has 3 aromatic carbocycles. The van der Waals surface area contributed by atoms with E-state index in [1.54, 1.807) is 37.3 Å². The molecule has 0 amide bonds. The van der Waals surface area contributed by atoms with Crippen molar-refractivity contribution in [2.45, 2.75) is 18.0 Å². The molecule has 0 bridgehead atoms. The third-order valence-electron chi connectivity index (χ3n) is 5.12. The molecule has 0 atom stereocenters. The van der Waals surface area contributed by atoms with Crippen LogP contribution in [0.25, 0.3) is 10.9 Å². The second-order valence-electron chi connectivity index (χ2n) is 7.46. The standard InChI is InChI=1S/C25H21F3N2O5S/c1-3-34-22-12-13-23(17-7-6-14-29-24(17)22)36(31,32)30-18-15-16(25(26,27)28)10-11-19(18)35-21-9-5-4-8-20(21)33-2/h4-15,30H,3H2,1-2H3. The van der Waals surface area contributed by atoms with Crippen molar-refractivity contribution in [3.63, 3.8) is 0 Å². The van der Waals surface area contributed by atoms with Gasteiger partial charge in [-0.25, -0.2) is 8.42 Å². The lowest BCUT2D eigenvalue weighted by molar-refractivity contribution is -0.137. The number of benzene rings is 3. The van der Waals surface area contributed by atoms with Gasteiger partial charge >= 0.3 is 6.18 Å². The number of nitrogens with one attached hydrogen (secondary N) is 1. The Balaban J connectivity index is 1.81. The molecule has 1 aromatic heterocycles. The minimum Gasteiger partial charge on any atom is -0.493 e. The zero-order valence-corrected chi connectivity index (χ0v) is 20.0. The first-order valence-electron chi connectivity index (χ1n) is 10.7. The van der Waals surface area contributed by atoms with E-state index in [0.29, 0.717) is 29.7 Å². The van der Waals surface area contributed by atoms with Crippen molar-refractivity contribution in [3.05, 3.63) is 78.5 Å². The van der Waals surface area contributed by atoms with E-state index in [0.717, 1.165) is 12.1 Å². The smallest absolute Gasteiger partial charge is 0.416 e. The number of rotatable bonds is 8. The Morgan fingerprint density at radius 1 is 0.917 bits per heavy atom. The Hall–Kier alpha value is -3.99. The van der Waals surface area contributed by atoms with Crippen LogP contribution in [0.15, 0.2) is 77.8 Å². The van der Waals surface area contributed by atoms with Gasteiger partial charge in [0.2, 0.25) is 0 Å². The van der Waals surface area contributed by atoms with Crippen LogP contribution in [0.1, 0.15) is 12.5 Å². The number of alkyl halides is 3. The molecule has 0 radical (unpaired) electrons. The number of ether oxygens (including phenoxy) is 3. The molecule has 0 aliphatic rings. The summed E-state index contributed by atoms with van der Waals surface area (Å²) in [6, 6.07) is 14.9. The van der Waals surface area contributed by atoms with Gasteiger partial charge in [0.25, 0.3) is 10.0 Å². The number of sulfonamides is 1. The lowest BCUT2D eigenvalue weighted by Crippen LogP contribution is -2.15. The maximum Gasteiger partial charge on any atom is 0.416 e. The predicted molar refractivity (Wildman–Crippen MR) is 128 cm³/mol. The van der Waals surface area contributed by atoms with Crippen molar-refractivity contribution in [2.75, 3.05) is 18.4 Å². The lowest BCUT2D eigenvalue weighted by atomic mass is 10.2. The summed E-state index contributed by atoms with van der Waals surface area (Å²) in [4.78, 5) is 4.03. The first-order valence-corrected chi connectivity index (χ1v) is 12.2. The molecule has 0 aliphatic carbocycles. The van der Waals surface area contributed by atoms with Gasteiger partial charge in [0.05, 0.1) is 29.9 Å². The summed E-state index contributed by atoms with van der Waals surface area (Å²) in [6.45, 7) is 2.11. The SMILES string of the molecule is CCOc1ccc(S(=O)(=O)Nc2cc(C(F)(F)F)ccc2Oc2ccccc2OC)c2cccnc12. The first kappa shape index (κ1) is 25.1. The minimum atomic E-state index is -4.71. The van der Waals surface area contributed by atoms with Gasteiger partial charge in [0.1, 0.15) is 11.3 Å². The van der Waals surface area contributed by atoms with Gasteiger partial charge in [-0.3, -0.25) is 9.71 Å². The number of methoxy groups -OCH3 is 1. The average Bonchev–Trinajstić information content (AvgIpc) is 2.85. The number of hydrogen-bond donors (Lipinski definition) is 1. The summed E-state index contributed by atoms with van der Waals surface area (Å²) >= 11 is 0. The summed E-state index contributed by atoms with van der Waals surface area (Å²) in [7, 11) is -2.98. The van der Waals surface area contributed by atoms with Crippen molar-refractivity contribution < 1.29 is 35.8 Å². The van der Waals surface area contributed by atoms with Crippen molar-refractivity contribution in [3.8, 4) is 23.0 Å². The zero-order valence-electron chi connectivity index (χ0n) is 19.2. The van der Waals surface area contributed by atoms with Crippen LogP contribution in [0, 0.1) is 0 Å². The third kappa shape index (κ3) is 5.15. The van der Waals surface area contributed by atoms with Crippen LogP contribution < -0.4 is 18.9 Å². The second-order valence-corrected chi connectivity index (χ2v) is 9.11. The molecule has 7 nitrogen and oxygen atoms in total. The van der Waals surface area contributed by atoms with Gasteiger partial charge in [-0.05, 0) is 61.5 Å². The summed E-state index contributed by atoms with van der Waals surface area (Å²) in [6.07, 6.45) is -3.22. The van der Waals surface area contributed by atoms with E-state index in [2.05, 4.69) is 9.71 Å². The second kappa shape index (κ2) is 9.94. The Kier molecular flexibility index (Phi) is 6.93. The molecule has 0 unspecified atom stereocenters. The number of aromatic nitrogens is 1. The molecule has 36 heavy (non-hydrogen) atoms. The maximum absolute atomic E-state index is 13.5. The minimum absolute atomic E-state index is 0.149. The van der Waals surface area contributed by atoms with Crippen molar-refractivity contribution >= 4 is 26.6 Å². The lowest BCUT2D eigenvalue weighted by Gasteiger charge is -2.18. The number of halogens is 3. The van der Waals surface area contributed by atoms with Crippen LogP contribution in [-0.2, 0) is 16.2 Å². The highest BCUT2D eigenvalue weighted by atomic mass is 32.2. The maximum atomic E-state index is 13.5. The van der Waals surface area contributed by atoms with Crippen LogP contribution in [0.2, 0.25) is 0 Å². The zero-order chi connectivity index (χ0) is 25.9. The van der Waals surface area contributed by atoms with Gasteiger partial charge in [-0.15, -0.1) is 0 Å². The number of hydrogen-bond acceptors (Lipinski definition) is 6. The monoisotopic (exact) mass is 518 g/mol. The number of pyridine rings is 1. The summed E-state index contributed by atoms with van der Waals surface area (Å²) in [5, 5.41) is 0.245. The summed E-state index contributed by atoms with van der Waals surface area (Å²) in [5.41, 5.74) is -1.15. The molecular formula is C25H21F3N2O5S. The average molecular weight is 519 g/mol. The fourth-order valence-corrected chi connectivity index (χ4v) is 4.78. The molecule has 0 saturated carbocycles. The topological polar surface area (TPSA) is 86.8 Å². The fourth-order valence-electron chi connectivity index (χ4n) is 3.52.